The number of nitrogens with two attached hydrogens (primary N) is 1. The quantitative estimate of drug-likeness (QED) is 0.732. The van der Waals surface area contributed by atoms with Crippen LogP contribution in [-0.4, -0.2) is 42.0 Å². The minimum Gasteiger partial charge on any atom is -0.353 e. The van der Waals surface area contributed by atoms with Gasteiger partial charge in [-0.1, -0.05) is 20.3 Å². The van der Waals surface area contributed by atoms with E-state index in [-0.39, 0.29) is 5.91 Å². The lowest BCUT2D eigenvalue weighted by Crippen LogP contribution is -2.53. The molecule has 1 rings (SSSR count). The highest BCUT2D eigenvalue weighted by atomic mass is 16.2. The molecule has 100 valence electrons. The second-order valence-electron chi connectivity index (χ2n) is 5.30. The molecule has 0 aromatic heterocycles. The lowest BCUT2D eigenvalue weighted by Gasteiger charge is -2.27. The zero-order valence-electron chi connectivity index (χ0n) is 11.5. The summed E-state index contributed by atoms with van der Waals surface area (Å²) in [5.74, 6) is -0.0118. The van der Waals surface area contributed by atoms with Crippen LogP contribution in [0, 0.1) is 0 Å². The van der Waals surface area contributed by atoms with Gasteiger partial charge in [0.05, 0.1) is 5.54 Å². The molecule has 2 unspecified atom stereocenters. The molecule has 1 fully saturated rings. The fraction of sp³-hybridized carbons (Fsp3) is 0.923. The molecule has 17 heavy (non-hydrogen) atoms. The van der Waals surface area contributed by atoms with Crippen molar-refractivity contribution in [2.24, 2.45) is 5.73 Å². The average Bonchev–Trinajstić information content (AvgIpc) is 2.72. The zero-order chi connectivity index (χ0) is 12.9. The molecule has 1 heterocycles. The minimum atomic E-state index is -0.718. The summed E-state index contributed by atoms with van der Waals surface area (Å²) in [4.78, 5) is 14.4. The number of carbonyl (C=O) groups excluding carboxylic acids is 1. The van der Waals surface area contributed by atoms with E-state index in [1.165, 1.54) is 12.8 Å². The third-order valence-corrected chi connectivity index (χ3v) is 3.69. The van der Waals surface area contributed by atoms with Crippen molar-refractivity contribution in [3.63, 3.8) is 0 Å². The largest absolute Gasteiger partial charge is 0.353 e. The van der Waals surface area contributed by atoms with Crippen molar-refractivity contribution >= 4 is 5.91 Å². The van der Waals surface area contributed by atoms with Crippen LogP contribution >= 0.6 is 0 Å². The van der Waals surface area contributed by atoms with Gasteiger partial charge in [-0.05, 0) is 39.3 Å². The molecule has 1 saturated heterocycles. The van der Waals surface area contributed by atoms with Crippen LogP contribution in [0.1, 0.15) is 46.5 Å². The second kappa shape index (κ2) is 6.36. The zero-order valence-corrected chi connectivity index (χ0v) is 11.5. The van der Waals surface area contributed by atoms with Gasteiger partial charge in [0.1, 0.15) is 0 Å². The lowest BCUT2D eigenvalue weighted by atomic mass is 9.96. The van der Waals surface area contributed by atoms with Gasteiger partial charge in [0.2, 0.25) is 5.91 Å². The summed E-state index contributed by atoms with van der Waals surface area (Å²) >= 11 is 0. The SMILES string of the molecule is CCCC(C)(N)C(=O)NCC1CCCN1CC. The number of likely N-dealkylation sites (tertiary alicyclic amines) is 1. The smallest absolute Gasteiger partial charge is 0.239 e. The molecule has 2 atom stereocenters. The molecule has 0 aromatic carbocycles. The number of hydrogen-bond donors (Lipinski definition) is 2. The van der Waals surface area contributed by atoms with Crippen molar-refractivity contribution in [2.45, 2.75) is 58.0 Å². The summed E-state index contributed by atoms with van der Waals surface area (Å²) in [5.41, 5.74) is 5.28. The molecule has 0 radical (unpaired) electrons. The topological polar surface area (TPSA) is 58.4 Å². The minimum absolute atomic E-state index is 0.0118. The number of hydrogen-bond acceptors (Lipinski definition) is 3. The van der Waals surface area contributed by atoms with Gasteiger partial charge < -0.3 is 11.1 Å². The maximum atomic E-state index is 12.0. The first-order chi connectivity index (χ1) is 8.01. The highest BCUT2D eigenvalue weighted by molar-refractivity contribution is 5.85. The van der Waals surface area contributed by atoms with Crippen molar-refractivity contribution in [1.29, 1.82) is 0 Å². The Morgan fingerprint density at radius 1 is 1.53 bits per heavy atom. The number of likely N-dealkylation sites (N-methyl/N-ethyl adjacent to an activating group) is 1. The maximum Gasteiger partial charge on any atom is 0.239 e. The molecule has 1 aliphatic heterocycles. The average molecular weight is 241 g/mol. The van der Waals surface area contributed by atoms with Gasteiger partial charge in [-0.15, -0.1) is 0 Å². The second-order valence-corrected chi connectivity index (χ2v) is 5.30. The van der Waals surface area contributed by atoms with Gasteiger partial charge >= 0.3 is 0 Å². The van der Waals surface area contributed by atoms with Crippen molar-refractivity contribution in [3.05, 3.63) is 0 Å². The molecular formula is C13H27N3O. The number of nitrogens with one attached hydrogen (secondary N) is 1. The van der Waals surface area contributed by atoms with E-state index in [0.717, 1.165) is 32.5 Å². The number of carbonyl (C=O) groups is 1. The maximum absolute atomic E-state index is 12.0. The molecular weight excluding hydrogens is 214 g/mol. The van der Waals surface area contributed by atoms with E-state index in [1.807, 2.05) is 13.8 Å². The van der Waals surface area contributed by atoms with E-state index in [2.05, 4.69) is 17.1 Å². The van der Waals surface area contributed by atoms with Gasteiger partial charge in [0, 0.05) is 12.6 Å². The fourth-order valence-electron chi connectivity index (χ4n) is 2.59. The van der Waals surface area contributed by atoms with Gasteiger partial charge in [-0.25, -0.2) is 0 Å². The van der Waals surface area contributed by atoms with Crippen LogP contribution in [0.3, 0.4) is 0 Å². The molecule has 1 amide bonds. The monoisotopic (exact) mass is 241 g/mol. The summed E-state index contributed by atoms with van der Waals surface area (Å²) in [7, 11) is 0. The Hall–Kier alpha value is -0.610. The van der Waals surface area contributed by atoms with Crippen molar-refractivity contribution < 1.29 is 4.79 Å². The Morgan fingerprint density at radius 2 is 2.24 bits per heavy atom. The highest BCUT2D eigenvalue weighted by Crippen LogP contribution is 2.16. The first-order valence-corrected chi connectivity index (χ1v) is 6.82. The van der Waals surface area contributed by atoms with E-state index in [1.54, 1.807) is 0 Å². The van der Waals surface area contributed by atoms with Gasteiger partial charge in [-0.2, -0.15) is 0 Å². The molecule has 0 spiro atoms. The Morgan fingerprint density at radius 3 is 2.82 bits per heavy atom. The van der Waals surface area contributed by atoms with Crippen LogP contribution in [-0.2, 0) is 4.79 Å². The number of nitrogens with zero attached hydrogens (tertiary/aromatic N) is 1. The van der Waals surface area contributed by atoms with E-state index < -0.39 is 5.54 Å². The highest BCUT2D eigenvalue weighted by Gasteiger charge is 2.29. The summed E-state index contributed by atoms with van der Waals surface area (Å²) in [6.45, 7) is 9.00. The first-order valence-electron chi connectivity index (χ1n) is 6.82. The number of amides is 1. The van der Waals surface area contributed by atoms with E-state index in [4.69, 9.17) is 5.73 Å². The summed E-state index contributed by atoms with van der Waals surface area (Å²) in [5, 5.41) is 3.01. The molecule has 0 saturated carbocycles. The fourth-order valence-corrected chi connectivity index (χ4v) is 2.59. The number of rotatable bonds is 6. The predicted octanol–water partition coefficient (Wildman–Crippen LogP) is 1.10. The Labute approximate surface area is 105 Å². The van der Waals surface area contributed by atoms with Crippen LogP contribution in [0.25, 0.3) is 0 Å². The van der Waals surface area contributed by atoms with Crippen LogP contribution < -0.4 is 11.1 Å². The molecule has 3 N–H and O–H groups in total. The van der Waals surface area contributed by atoms with Crippen molar-refractivity contribution in [1.82, 2.24) is 10.2 Å². The van der Waals surface area contributed by atoms with Gasteiger partial charge in [-0.3, -0.25) is 9.69 Å². The van der Waals surface area contributed by atoms with Gasteiger partial charge in [0.25, 0.3) is 0 Å². The Kier molecular flexibility index (Phi) is 5.40. The first kappa shape index (κ1) is 14.5. The molecule has 4 nitrogen and oxygen atoms in total. The van der Waals surface area contributed by atoms with Crippen LogP contribution in [0.5, 0.6) is 0 Å². The van der Waals surface area contributed by atoms with Crippen LogP contribution in [0.4, 0.5) is 0 Å². The normalized spacial score (nSPS) is 24.6. The Bertz CT molecular complexity index is 253. The predicted molar refractivity (Wildman–Crippen MR) is 70.8 cm³/mol. The molecule has 0 bridgehead atoms. The van der Waals surface area contributed by atoms with Crippen molar-refractivity contribution in [3.8, 4) is 0 Å². The van der Waals surface area contributed by atoms with Crippen molar-refractivity contribution in [2.75, 3.05) is 19.6 Å². The summed E-state index contributed by atoms with van der Waals surface area (Å²) in [6.07, 6.45) is 4.10. The standard InChI is InChI=1S/C13H27N3O/c1-4-8-13(3,14)12(17)15-10-11-7-6-9-16(11)5-2/h11H,4-10,14H2,1-3H3,(H,15,17). The van der Waals surface area contributed by atoms with E-state index >= 15 is 0 Å². The lowest BCUT2D eigenvalue weighted by molar-refractivity contribution is -0.126. The summed E-state index contributed by atoms with van der Waals surface area (Å²) < 4.78 is 0. The van der Waals surface area contributed by atoms with E-state index in [9.17, 15) is 4.79 Å². The van der Waals surface area contributed by atoms with Crippen LogP contribution in [0.15, 0.2) is 0 Å². The molecule has 0 aromatic rings. The third kappa shape index (κ3) is 3.96. The molecule has 1 aliphatic rings. The Balaban J connectivity index is 2.37. The molecule has 4 heteroatoms. The van der Waals surface area contributed by atoms with Gasteiger partial charge in [0.15, 0.2) is 0 Å². The van der Waals surface area contributed by atoms with E-state index in [0.29, 0.717) is 6.04 Å². The third-order valence-electron chi connectivity index (χ3n) is 3.69. The molecule has 0 aliphatic carbocycles. The van der Waals surface area contributed by atoms with Crippen LogP contribution in [0.2, 0.25) is 0 Å². The summed E-state index contributed by atoms with van der Waals surface area (Å²) in [6, 6.07) is 0.501.